The molecule has 2 aromatic carbocycles. The van der Waals surface area contributed by atoms with Crippen LogP contribution in [0.15, 0.2) is 64.2 Å². The molecule has 0 fully saturated rings. The zero-order valence-electron chi connectivity index (χ0n) is 13.9. The van der Waals surface area contributed by atoms with Gasteiger partial charge in [-0.05, 0) is 36.6 Å². The van der Waals surface area contributed by atoms with Gasteiger partial charge in [-0.15, -0.1) is 10.2 Å². The van der Waals surface area contributed by atoms with Gasteiger partial charge in [-0.25, -0.2) is 0 Å². The lowest BCUT2D eigenvalue weighted by Gasteiger charge is -2.06. The highest BCUT2D eigenvalue weighted by atomic mass is 32.2. The lowest BCUT2D eigenvalue weighted by atomic mass is 10.1. The Morgan fingerprint density at radius 1 is 1.08 bits per heavy atom. The smallest absolute Gasteiger partial charge is 0.277 e. The molecule has 3 aromatic rings. The van der Waals surface area contributed by atoms with Crippen LogP contribution in [0.5, 0.6) is 0 Å². The van der Waals surface area contributed by atoms with Gasteiger partial charge in [0.15, 0.2) is 0 Å². The number of nitrogens with zero attached hydrogens (tertiary/aromatic N) is 2. The molecule has 0 atom stereocenters. The van der Waals surface area contributed by atoms with Crippen molar-refractivity contribution < 1.29 is 9.21 Å². The van der Waals surface area contributed by atoms with Crippen LogP contribution in [0.25, 0.3) is 11.5 Å². The molecule has 6 heteroatoms. The first kappa shape index (κ1) is 17.2. The molecule has 3 rings (SSSR count). The van der Waals surface area contributed by atoms with Gasteiger partial charge in [0, 0.05) is 12.1 Å². The Balaban J connectivity index is 1.44. The molecule has 1 aromatic heterocycles. The largest absolute Gasteiger partial charge is 0.411 e. The highest BCUT2D eigenvalue weighted by Gasteiger charge is 2.10. The minimum absolute atomic E-state index is 0.0435. The summed E-state index contributed by atoms with van der Waals surface area (Å²) in [6, 6.07) is 17.7. The number of nitrogens with one attached hydrogen (secondary N) is 1. The van der Waals surface area contributed by atoms with Crippen molar-refractivity contribution in [1.29, 1.82) is 0 Å². The zero-order valence-corrected chi connectivity index (χ0v) is 14.8. The number of amides is 1. The summed E-state index contributed by atoms with van der Waals surface area (Å²) in [7, 11) is 0. The Morgan fingerprint density at radius 2 is 1.84 bits per heavy atom. The number of aromatic nitrogens is 2. The number of hydrogen-bond donors (Lipinski definition) is 1. The molecular weight excluding hydrogens is 334 g/mol. The number of carbonyl (C=O) groups is 1. The van der Waals surface area contributed by atoms with Crippen LogP contribution in [0.1, 0.15) is 11.1 Å². The van der Waals surface area contributed by atoms with E-state index < -0.39 is 0 Å². The second-order valence-electron chi connectivity index (χ2n) is 5.55. The number of benzene rings is 2. The van der Waals surface area contributed by atoms with Crippen molar-refractivity contribution in [2.75, 3.05) is 12.3 Å². The number of rotatable bonds is 7. The van der Waals surface area contributed by atoms with Crippen LogP contribution in [0, 0.1) is 6.92 Å². The third kappa shape index (κ3) is 4.93. The van der Waals surface area contributed by atoms with E-state index in [9.17, 15) is 4.79 Å². The van der Waals surface area contributed by atoms with Crippen LogP contribution in [0.3, 0.4) is 0 Å². The Morgan fingerprint density at radius 3 is 2.64 bits per heavy atom. The molecule has 25 heavy (non-hydrogen) atoms. The van der Waals surface area contributed by atoms with E-state index in [-0.39, 0.29) is 11.7 Å². The number of aryl methyl sites for hydroxylation is 1. The Kier molecular flexibility index (Phi) is 5.85. The Labute approximate surface area is 150 Å². The van der Waals surface area contributed by atoms with Crippen LogP contribution in [-0.4, -0.2) is 28.4 Å². The first-order valence-electron chi connectivity index (χ1n) is 8.05. The maximum atomic E-state index is 11.9. The topological polar surface area (TPSA) is 68.0 Å². The molecule has 1 amide bonds. The summed E-state index contributed by atoms with van der Waals surface area (Å²) in [6.45, 7) is 2.69. The molecule has 0 radical (unpaired) electrons. The lowest BCUT2D eigenvalue weighted by molar-refractivity contribution is -0.118. The van der Waals surface area contributed by atoms with Crippen LogP contribution >= 0.6 is 11.8 Å². The minimum atomic E-state index is -0.0435. The third-order valence-electron chi connectivity index (χ3n) is 3.73. The maximum absolute atomic E-state index is 11.9. The monoisotopic (exact) mass is 353 g/mol. The van der Waals surface area contributed by atoms with Gasteiger partial charge >= 0.3 is 0 Å². The van der Waals surface area contributed by atoms with Crippen molar-refractivity contribution in [1.82, 2.24) is 15.5 Å². The molecule has 0 aliphatic heterocycles. The molecule has 0 saturated carbocycles. The fourth-order valence-corrected chi connectivity index (χ4v) is 2.96. The number of carbonyl (C=O) groups excluding carboxylic acids is 1. The van der Waals surface area contributed by atoms with E-state index in [4.69, 9.17) is 4.42 Å². The summed E-state index contributed by atoms with van der Waals surface area (Å²) in [5, 5.41) is 11.3. The molecule has 0 aliphatic carbocycles. The molecule has 0 unspecified atom stereocenters. The highest BCUT2D eigenvalue weighted by molar-refractivity contribution is 7.99. The summed E-state index contributed by atoms with van der Waals surface area (Å²) < 4.78 is 5.57. The van der Waals surface area contributed by atoms with Crippen molar-refractivity contribution in [3.8, 4) is 11.5 Å². The molecule has 0 spiro atoms. The van der Waals surface area contributed by atoms with Gasteiger partial charge in [0.2, 0.25) is 11.8 Å². The first-order chi connectivity index (χ1) is 12.2. The summed E-state index contributed by atoms with van der Waals surface area (Å²) in [5.41, 5.74) is 3.36. The van der Waals surface area contributed by atoms with Gasteiger partial charge in [-0.3, -0.25) is 4.79 Å². The van der Waals surface area contributed by atoms with Gasteiger partial charge in [-0.1, -0.05) is 54.2 Å². The van der Waals surface area contributed by atoms with Crippen molar-refractivity contribution in [2.24, 2.45) is 0 Å². The number of thioether (sulfide) groups is 1. The third-order valence-corrected chi connectivity index (χ3v) is 4.55. The predicted octanol–water partition coefficient (Wildman–Crippen LogP) is 3.50. The predicted molar refractivity (Wildman–Crippen MR) is 98.4 cm³/mol. The van der Waals surface area contributed by atoms with E-state index >= 15 is 0 Å². The van der Waals surface area contributed by atoms with Gasteiger partial charge in [-0.2, -0.15) is 0 Å². The molecular formula is C19H19N3O2S. The number of hydrogen-bond acceptors (Lipinski definition) is 5. The molecule has 0 saturated heterocycles. The van der Waals surface area contributed by atoms with Crippen molar-refractivity contribution >= 4 is 17.7 Å². The van der Waals surface area contributed by atoms with E-state index in [1.807, 2.05) is 42.5 Å². The average molecular weight is 353 g/mol. The van der Waals surface area contributed by atoms with E-state index in [1.165, 1.54) is 22.9 Å². The van der Waals surface area contributed by atoms with E-state index in [0.717, 1.165) is 12.0 Å². The maximum Gasteiger partial charge on any atom is 0.277 e. The Hall–Kier alpha value is -2.60. The molecule has 0 bridgehead atoms. The second kappa shape index (κ2) is 8.48. The van der Waals surface area contributed by atoms with E-state index in [0.29, 0.717) is 17.7 Å². The van der Waals surface area contributed by atoms with Crippen LogP contribution in [-0.2, 0) is 11.2 Å². The molecule has 0 aliphatic rings. The average Bonchev–Trinajstić information content (AvgIpc) is 3.11. The van der Waals surface area contributed by atoms with Gasteiger partial charge in [0.1, 0.15) is 0 Å². The van der Waals surface area contributed by atoms with Gasteiger partial charge < -0.3 is 9.73 Å². The molecule has 1 heterocycles. The summed E-state index contributed by atoms with van der Waals surface area (Å²) >= 11 is 1.24. The molecule has 128 valence electrons. The summed E-state index contributed by atoms with van der Waals surface area (Å²) in [4.78, 5) is 11.9. The van der Waals surface area contributed by atoms with Crippen molar-refractivity contribution in [3.05, 3.63) is 65.7 Å². The Bertz CT molecular complexity index is 833. The zero-order chi connectivity index (χ0) is 17.5. The van der Waals surface area contributed by atoms with E-state index in [2.05, 4.69) is 34.6 Å². The fourth-order valence-electron chi connectivity index (χ4n) is 2.37. The van der Waals surface area contributed by atoms with Crippen LogP contribution in [0.2, 0.25) is 0 Å². The van der Waals surface area contributed by atoms with Gasteiger partial charge in [0.05, 0.1) is 5.75 Å². The molecule has 5 nitrogen and oxygen atoms in total. The second-order valence-corrected chi connectivity index (χ2v) is 6.48. The van der Waals surface area contributed by atoms with Crippen LogP contribution in [0.4, 0.5) is 0 Å². The highest BCUT2D eigenvalue weighted by Crippen LogP contribution is 2.22. The lowest BCUT2D eigenvalue weighted by Crippen LogP contribution is -2.27. The van der Waals surface area contributed by atoms with Crippen molar-refractivity contribution in [2.45, 2.75) is 18.6 Å². The van der Waals surface area contributed by atoms with Gasteiger partial charge in [0.25, 0.3) is 5.22 Å². The first-order valence-corrected chi connectivity index (χ1v) is 9.04. The molecule has 1 N–H and O–H groups in total. The summed E-state index contributed by atoms with van der Waals surface area (Å²) in [6.07, 6.45) is 0.821. The summed E-state index contributed by atoms with van der Waals surface area (Å²) in [5.74, 6) is 0.672. The van der Waals surface area contributed by atoms with Crippen LogP contribution < -0.4 is 5.32 Å². The van der Waals surface area contributed by atoms with E-state index in [1.54, 1.807) is 0 Å². The SMILES string of the molecule is Cc1ccccc1CCNC(=O)CSc1nnc(-c2ccccc2)o1. The van der Waals surface area contributed by atoms with Crippen molar-refractivity contribution in [3.63, 3.8) is 0 Å². The quantitative estimate of drug-likeness (QED) is 0.659. The fraction of sp³-hybridized carbons (Fsp3) is 0.211. The minimum Gasteiger partial charge on any atom is -0.411 e. The normalized spacial score (nSPS) is 10.6. The standard InChI is InChI=1S/C19H19N3O2S/c1-14-7-5-6-8-15(14)11-12-20-17(23)13-25-19-22-21-18(24-19)16-9-3-2-4-10-16/h2-10H,11-13H2,1H3,(H,20,23).